The number of nitrogens with zero attached hydrogens (tertiary/aromatic N) is 2. The Bertz CT molecular complexity index is 584. The van der Waals surface area contributed by atoms with Crippen molar-refractivity contribution in [3.05, 3.63) is 34.3 Å². The molecule has 118 valence electrons. The van der Waals surface area contributed by atoms with E-state index in [1.807, 2.05) is 17.0 Å². The molecule has 0 bridgehead atoms. The summed E-state index contributed by atoms with van der Waals surface area (Å²) in [5.74, 6) is 0.505. The van der Waals surface area contributed by atoms with Crippen molar-refractivity contribution in [2.45, 2.75) is 25.2 Å². The Morgan fingerprint density at radius 3 is 2.73 bits per heavy atom. The van der Waals surface area contributed by atoms with E-state index >= 15 is 0 Å². The molecule has 1 aliphatic carbocycles. The molecule has 0 spiro atoms. The van der Waals surface area contributed by atoms with E-state index in [1.165, 1.54) is 5.56 Å². The van der Waals surface area contributed by atoms with Gasteiger partial charge in [-0.1, -0.05) is 28.1 Å². The van der Waals surface area contributed by atoms with Crippen LogP contribution >= 0.6 is 15.9 Å². The molecule has 5 heteroatoms. The summed E-state index contributed by atoms with van der Waals surface area (Å²) < 4.78 is 1.04. The molecule has 2 unspecified atom stereocenters. The van der Waals surface area contributed by atoms with Crippen molar-refractivity contribution < 1.29 is 9.59 Å². The molecule has 1 aromatic carbocycles. The van der Waals surface area contributed by atoms with E-state index in [9.17, 15) is 9.59 Å². The maximum absolute atomic E-state index is 12.5. The van der Waals surface area contributed by atoms with Gasteiger partial charge in [0.15, 0.2) is 0 Å². The molecule has 2 aliphatic rings. The summed E-state index contributed by atoms with van der Waals surface area (Å²) in [5, 5.41) is 0. The molecule has 0 N–H and O–H groups in total. The van der Waals surface area contributed by atoms with Gasteiger partial charge >= 0.3 is 0 Å². The zero-order valence-corrected chi connectivity index (χ0v) is 14.4. The first kappa shape index (κ1) is 15.5. The third-order valence-corrected chi connectivity index (χ3v) is 5.09. The minimum atomic E-state index is 0.0330. The third-order valence-electron chi connectivity index (χ3n) is 4.59. The fraction of sp³-hybridized carbons (Fsp3) is 0.529. The molecule has 3 rings (SSSR count). The molecule has 2 atom stereocenters. The summed E-state index contributed by atoms with van der Waals surface area (Å²) in [7, 11) is 1.74. The Kier molecular flexibility index (Phi) is 4.52. The number of carbonyl (C=O) groups is 2. The van der Waals surface area contributed by atoms with Gasteiger partial charge < -0.3 is 9.80 Å². The van der Waals surface area contributed by atoms with Crippen LogP contribution < -0.4 is 0 Å². The number of likely N-dealkylation sites (N-methyl/N-ethyl adjacent to an activating group) is 1. The SMILES string of the molecule is CN(CC(=O)N1CCCC1)C(=O)C1CC1c1cccc(Br)c1. The van der Waals surface area contributed by atoms with Crippen LogP contribution in [0, 0.1) is 5.92 Å². The topological polar surface area (TPSA) is 40.6 Å². The smallest absolute Gasteiger partial charge is 0.242 e. The van der Waals surface area contributed by atoms with Crippen molar-refractivity contribution in [3.63, 3.8) is 0 Å². The molecule has 0 radical (unpaired) electrons. The van der Waals surface area contributed by atoms with Crippen LogP contribution in [-0.4, -0.2) is 48.3 Å². The van der Waals surface area contributed by atoms with Gasteiger partial charge in [0.1, 0.15) is 0 Å². The highest BCUT2D eigenvalue weighted by Crippen LogP contribution is 2.48. The van der Waals surface area contributed by atoms with Gasteiger partial charge in [0.25, 0.3) is 0 Å². The zero-order valence-electron chi connectivity index (χ0n) is 12.8. The molecule has 0 aromatic heterocycles. The molecule has 1 saturated carbocycles. The lowest BCUT2D eigenvalue weighted by molar-refractivity contribution is -0.139. The second-order valence-corrected chi connectivity index (χ2v) is 7.20. The number of likely N-dealkylation sites (tertiary alicyclic amines) is 1. The molecule has 2 fully saturated rings. The Balaban J connectivity index is 1.55. The van der Waals surface area contributed by atoms with Crippen LogP contribution in [0.25, 0.3) is 0 Å². The van der Waals surface area contributed by atoms with Crippen molar-refractivity contribution in [1.29, 1.82) is 0 Å². The van der Waals surface area contributed by atoms with E-state index in [-0.39, 0.29) is 24.3 Å². The summed E-state index contributed by atoms with van der Waals surface area (Å²) in [6.07, 6.45) is 3.05. The van der Waals surface area contributed by atoms with Gasteiger partial charge in [-0.25, -0.2) is 0 Å². The molecule has 1 saturated heterocycles. The number of benzene rings is 1. The molecule has 1 aromatic rings. The lowest BCUT2D eigenvalue weighted by Crippen LogP contribution is -2.40. The van der Waals surface area contributed by atoms with Gasteiger partial charge in [0.05, 0.1) is 6.54 Å². The highest BCUT2D eigenvalue weighted by atomic mass is 79.9. The van der Waals surface area contributed by atoms with Crippen LogP contribution in [0.4, 0.5) is 0 Å². The number of rotatable bonds is 4. The zero-order chi connectivity index (χ0) is 15.7. The molecular formula is C17H21BrN2O2. The minimum Gasteiger partial charge on any atom is -0.341 e. The average molecular weight is 365 g/mol. The highest BCUT2D eigenvalue weighted by Gasteiger charge is 2.45. The second-order valence-electron chi connectivity index (χ2n) is 6.29. The first-order chi connectivity index (χ1) is 10.6. The van der Waals surface area contributed by atoms with Crippen molar-refractivity contribution in [3.8, 4) is 0 Å². The summed E-state index contributed by atoms with van der Waals surface area (Å²) >= 11 is 3.47. The van der Waals surface area contributed by atoms with Gasteiger partial charge in [-0.15, -0.1) is 0 Å². The van der Waals surface area contributed by atoms with Crippen molar-refractivity contribution in [2.24, 2.45) is 5.92 Å². The molecular weight excluding hydrogens is 344 g/mol. The number of hydrogen-bond acceptors (Lipinski definition) is 2. The third kappa shape index (κ3) is 3.35. The van der Waals surface area contributed by atoms with Crippen molar-refractivity contribution in [2.75, 3.05) is 26.7 Å². The summed E-state index contributed by atoms with van der Waals surface area (Å²) in [4.78, 5) is 28.1. The van der Waals surface area contributed by atoms with E-state index in [0.717, 1.165) is 36.8 Å². The monoisotopic (exact) mass is 364 g/mol. The number of hydrogen-bond donors (Lipinski definition) is 0. The molecule has 4 nitrogen and oxygen atoms in total. The quantitative estimate of drug-likeness (QED) is 0.823. The lowest BCUT2D eigenvalue weighted by atomic mass is 10.1. The minimum absolute atomic E-state index is 0.0330. The van der Waals surface area contributed by atoms with Crippen LogP contribution in [0.15, 0.2) is 28.7 Å². The predicted molar refractivity (Wildman–Crippen MR) is 88.4 cm³/mol. The number of halogens is 1. The largest absolute Gasteiger partial charge is 0.341 e. The van der Waals surface area contributed by atoms with Crippen LogP contribution in [0.2, 0.25) is 0 Å². The van der Waals surface area contributed by atoms with Crippen LogP contribution in [0.1, 0.15) is 30.7 Å². The van der Waals surface area contributed by atoms with Crippen LogP contribution in [0.3, 0.4) is 0 Å². The number of amides is 2. The van der Waals surface area contributed by atoms with Gasteiger partial charge in [-0.3, -0.25) is 9.59 Å². The maximum atomic E-state index is 12.5. The first-order valence-electron chi connectivity index (χ1n) is 7.84. The average Bonchev–Trinajstić information content (AvgIpc) is 3.10. The van der Waals surface area contributed by atoms with E-state index < -0.39 is 0 Å². The fourth-order valence-corrected chi connectivity index (χ4v) is 3.62. The van der Waals surface area contributed by atoms with Crippen LogP contribution in [0.5, 0.6) is 0 Å². The molecule has 1 heterocycles. The lowest BCUT2D eigenvalue weighted by Gasteiger charge is -2.21. The van der Waals surface area contributed by atoms with Gasteiger partial charge in [-0.05, 0) is 42.9 Å². The summed E-state index contributed by atoms with van der Waals surface area (Å²) in [6.45, 7) is 1.89. The first-order valence-corrected chi connectivity index (χ1v) is 8.64. The van der Waals surface area contributed by atoms with E-state index in [1.54, 1.807) is 11.9 Å². The second kappa shape index (κ2) is 6.41. The Morgan fingerprint density at radius 1 is 1.32 bits per heavy atom. The van der Waals surface area contributed by atoms with Crippen molar-refractivity contribution >= 4 is 27.7 Å². The maximum Gasteiger partial charge on any atom is 0.242 e. The van der Waals surface area contributed by atoms with Gasteiger partial charge in [0.2, 0.25) is 11.8 Å². The van der Waals surface area contributed by atoms with E-state index in [4.69, 9.17) is 0 Å². The molecule has 22 heavy (non-hydrogen) atoms. The number of carbonyl (C=O) groups excluding carboxylic acids is 2. The normalized spacial score (nSPS) is 23.5. The van der Waals surface area contributed by atoms with Crippen LogP contribution in [-0.2, 0) is 9.59 Å². The Hall–Kier alpha value is -1.36. The standard InChI is InChI=1S/C17H21BrN2O2/c1-19(11-16(21)20-7-2-3-8-20)17(22)15-10-14(15)12-5-4-6-13(18)9-12/h4-6,9,14-15H,2-3,7-8,10-11H2,1H3. The predicted octanol–water partition coefficient (Wildman–Crippen LogP) is 2.63. The highest BCUT2D eigenvalue weighted by molar-refractivity contribution is 9.10. The van der Waals surface area contributed by atoms with Gasteiger partial charge in [0, 0.05) is 30.5 Å². The summed E-state index contributed by atoms with van der Waals surface area (Å²) in [6, 6.07) is 8.13. The molecule has 2 amide bonds. The fourth-order valence-electron chi connectivity index (χ4n) is 3.20. The Labute approximate surface area is 139 Å². The Morgan fingerprint density at radius 2 is 2.05 bits per heavy atom. The summed E-state index contributed by atoms with van der Waals surface area (Å²) in [5.41, 5.74) is 1.20. The van der Waals surface area contributed by atoms with Gasteiger partial charge in [-0.2, -0.15) is 0 Å². The van der Waals surface area contributed by atoms with E-state index in [2.05, 4.69) is 28.1 Å². The van der Waals surface area contributed by atoms with E-state index in [0.29, 0.717) is 5.92 Å². The molecule has 1 aliphatic heterocycles. The van der Waals surface area contributed by atoms with Crippen molar-refractivity contribution in [1.82, 2.24) is 9.80 Å².